The topological polar surface area (TPSA) is 65.2 Å². The van der Waals surface area contributed by atoms with Crippen LogP contribution in [0, 0.1) is 18.6 Å². The molecule has 0 saturated carbocycles. The van der Waals surface area contributed by atoms with Crippen LogP contribution in [0.3, 0.4) is 0 Å². The second-order valence-electron chi connectivity index (χ2n) is 5.88. The Morgan fingerprint density at radius 1 is 1.29 bits per heavy atom. The first-order valence-electron chi connectivity index (χ1n) is 7.65. The van der Waals surface area contributed by atoms with Crippen molar-refractivity contribution in [3.63, 3.8) is 0 Å². The molecule has 0 spiro atoms. The maximum absolute atomic E-state index is 13.8. The van der Waals surface area contributed by atoms with Crippen molar-refractivity contribution in [1.29, 1.82) is 0 Å². The first-order chi connectivity index (χ1) is 11.4. The largest absolute Gasteiger partial charge is 0.367 e. The lowest BCUT2D eigenvalue weighted by atomic mass is 10.2. The molecule has 0 aliphatic carbocycles. The van der Waals surface area contributed by atoms with Gasteiger partial charge in [-0.05, 0) is 37.6 Å². The van der Waals surface area contributed by atoms with E-state index in [9.17, 15) is 18.4 Å². The summed E-state index contributed by atoms with van der Waals surface area (Å²) in [5.41, 5.74) is 0.593. The molecule has 0 radical (unpaired) electrons. The van der Waals surface area contributed by atoms with Crippen LogP contribution >= 0.6 is 0 Å². The molecule has 126 valence electrons. The van der Waals surface area contributed by atoms with E-state index >= 15 is 0 Å². The van der Waals surface area contributed by atoms with Gasteiger partial charge in [-0.2, -0.15) is 0 Å². The summed E-state index contributed by atoms with van der Waals surface area (Å²) in [5.74, 6) is -1.71. The molecule has 7 heteroatoms. The van der Waals surface area contributed by atoms with E-state index in [0.29, 0.717) is 30.9 Å². The number of nitrogens with zero attached hydrogens (tertiary/aromatic N) is 1. The van der Waals surface area contributed by atoms with Gasteiger partial charge in [0, 0.05) is 30.9 Å². The fourth-order valence-corrected chi connectivity index (χ4v) is 2.85. The zero-order valence-electron chi connectivity index (χ0n) is 13.1. The second-order valence-corrected chi connectivity index (χ2v) is 5.88. The molecule has 1 atom stereocenters. The van der Waals surface area contributed by atoms with Crippen LogP contribution in [0.5, 0.6) is 0 Å². The Kier molecular flexibility index (Phi) is 4.33. The Labute approximate surface area is 137 Å². The van der Waals surface area contributed by atoms with E-state index in [0.717, 1.165) is 6.07 Å². The van der Waals surface area contributed by atoms with E-state index < -0.39 is 23.1 Å². The molecule has 5 nitrogen and oxygen atoms in total. The summed E-state index contributed by atoms with van der Waals surface area (Å²) in [5, 5.41) is 2.79. The number of amides is 1. The minimum atomic E-state index is -0.628. The number of aromatic nitrogens is 1. The minimum absolute atomic E-state index is 0.0482. The number of aromatic amines is 1. The van der Waals surface area contributed by atoms with Gasteiger partial charge in [0.2, 0.25) is 0 Å². The summed E-state index contributed by atoms with van der Waals surface area (Å²) in [6.07, 6.45) is 0.617. The normalized spacial score (nSPS) is 17.1. The molecule has 1 aliphatic rings. The number of carbonyl (C=O) groups is 1. The Bertz CT molecular complexity index is 835. The predicted molar refractivity (Wildman–Crippen MR) is 86.2 cm³/mol. The Morgan fingerprint density at radius 3 is 2.79 bits per heavy atom. The monoisotopic (exact) mass is 333 g/mol. The zero-order valence-corrected chi connectivity index (χ0v) is 13.1. The van der Waals surface area contributed by atoms with Crippen molar-refractivity contribution in [3.05, 3.63) is 63.6 Å². The van der Waals surface area contributed by atoms with Gasteiger partial charge in [0.1, 0.15) is 17.2 Å². The molecule has 2 heterocycles. The highest BCUT2D eigenvalue weighted by Gasteiger charge is 2.26. The highest BCUT2D eigenvalue weighted by Crippen LogP contribution is 2.24. The lowest BCUT2D eigenvalue weighted by molar-refractivity contribution is 0.0939. The maximum Gasteiger partial charge on any atom is 0.260 e. The van der Waals surface area contributed by atoms with E-state index in [1.807, 2.05) is 0 Å². The molecule has 1 saturated heterocycles. The van der Waals surface area contributed by atoms with Crippen LogP contribution < -0.4 is 15.8 Å². The number of pyridine rings is 1. The molecule has 3 rings (SSSR count). The van der Waals surface area contributed by atoms with Crippen LogP contribution in [0.15, 0.2) is 35.1 Å². The van der Waals surface area contributed by atoms with Crippen molar-refractivity contribution >= 4 is 11.6 Å². The zero-order chi connectivity index (χ0) is 17.3. The van der Waals surface area contributed by atoms with Gasteiger partial charge in [0.25, 0.3) is 11.5 Å². The summed E-state index contributed by atoms with van der Waals surface area (Å²) in [6, 6.07) is 6.37. The molecule has 1 aromatic heterocycles. The number of nitrogens with one attached hydrogen (secondary N) is 2. The number of benzene rings is 1. The first kappa shape index (κ1) is 16.2. The molecule has 2 aromatic rings. The van der Waals surface area contributed by atoms with Crippen molar-refractivity contribution in [2.24, 2.45) is 0 Å². The summed E-state index contributed by atoms with van der Waals surface area (Å²) in [4.78, 5) is 28.3. The number of hydrogen-bond donors (Lipinski definition) is 2. The fourth-order valence-electron chi connectivity index (χ4n) is 2.85. The van der Waals surface area contributed by atoms with Crippen LogP contribution in [0.25, 0.3) is 0 Å². The molecule has 1 amide bonds. The number of H-pyrrole nitrogens is 1. The van der Waals surface area contributed by atoms with Gasteiger partial charge in [-0.25, -0.2) is 8.78 Å². The van der Waals surface area contributed by atoms with E-state index in [4.69, 9.17) is 0 Å². The highest BCUT2D eigenvalue weighted by atomic mass is 19.1. The summed E-state index contributed by atoms with van der Waals surface area (Å²) >= 11 is 0. The molecule has 1 aromatic carbocycles. The van der Waals surface area contributed by atoms with Crippen LogP contribution in [0.4, 0.5) is 14.5 Å². The fraction of sp³-hybridized carbons (Fsp3) is 0.294. The average molecular weight is 333 g/mol. The molecular formula is C17H17F2N3O2. The SMILES string of the molecule is Cc1ccc(C(=O)N[C@@H]2CCN(c3ccc(F)cc3F)C2)c(=O)[nH]1. The van der Waals surface area contributed by atoms with Gasteiger partial charge in [0.05, 0.1) is 5.69 Å². The smallest absolute Gasteiger partial charge is 0.260 e. The number of hydrogen-bond acceptors (Lipinski definition) is 3. The van der Waals surface area contributed by atoms with Gasteiger partial charge < -0.3 is 15.2 Å². The third kappa shape index (κ3) is 3.29. The first-order valence-corrected chi connectivity index (χ1v) is 7.65. The van der Waals surface area contributed by atoms with Crippen LogP contribution in [0.1, 0.15) is 22.5 Å². The van der Waals surface area contributed by atoms with Crippen molar-refractivity contribution in [2.45, 2.75) is 19.4 Å². The van der Waals surface area contributed by atoms with Gasteiger partial charge in [-0.3, -0.25) is 9.59 Å². The molecule has 0 unspecified atom stereocenters. The average Bonchev–Trinajstić information content (AvgIpc) is 2.95. The second kappa shape index (κ2) is 6.43. The lowest BCUT2D eigenvalue weighted by Gasteiger charge is -2.19. The van der Waals surface area contributed by atoms with Crippen molar-refractivity contribution in [1.82, 2.24) is 10.3 Å². The van der Waals surface area contributed by atoms with E-state index in [2.05, 4.69) is 10.3 Å². The molecule has 2 N–H and O–H groups in total. The molecule has 1 fully saturated rings. The Hall–Kier alpha value is -2.70. The Balaban J connectivity index is 1.67. The quantitative estimate of drug-likeness (QED) is 0.903. The number of halogens is 2. The predicted octanol–water partition coefficient (Wildman–Crippen LogP) is 1.97. The molecule has 1 aliphatic heterocycles. The van der Waals surface area contributed by atoms with Gasteiger partial charge in [-0.15, -0.1) is 0 Å². The number of aryl methyl sites for hydroxylation is 1. The van der Waals surface area contributed by atoms with Gasteiger partial charge in [-0.1, -0.05) is 0 Å². The van der Waals surface area contributed by atoms with Gasteiger partial charge in [0.15, 0.2) is 0 Å². The van der Waals surface area contributed by atoms with Crippen molar-refractivity contribution in [2.75, 3.05) is 18.0 Å². The standard InChI is InChI=1S/C17H17F2N3O2/c1-10-2-4-13(16(23)20-10)17(24)21-12-6-7-22(9-12)15-5-3-11(18)8-14(15)19/h2-5,8,12H,6-7,9H2,1H3,(H,20,23)(H,21,24)/t12-/m1/s1. The number of anilines is 1. The molecule has 24 heavy (non-hydrogen) atoms. The summed E-state index contributed by atoms with van der Waals surface area (Å²) in [6.45, 7) is 2.67. The molecule has 0 bridgehead atoms. The number of rotatable bonds is 3. The van der Waals surface area contributed by atoms with Crippen LogP contribution in [-0.2, 0) is 0 Å². The summed E-state index contributed by atoms with van der Waals surface area (Å²) in [7, 11) is 0. The van der Waals surface area contributed by atoms with Crippen molar-refractivity contribution < 1.29 is 13.6 Å². The minimum Gasteiger partial charge on any atom is -0.367 e. The third-order valence-corrected chi connectivity index (χ3v) is 4.07. The van der Waals surface area contributed by atoms with Crippen LogP contribution in [-0.4, -0.2) is 30.0 Å². The van der Waals surface area contributed by atoms with E-state index in [1.165, 1.54) is 18.2 Å². The highest BCUT2D eigenvalue weighted by molar-refractivity contribution is 5.94. The van der Waals surface area contributed by atoms with Crippen LogP contribution in [0.2, 0.25) is 0 Å². The van der Waals surface area contributed by atoms with E-state index in [1.54, 1.807) is 17.9 Å². The third-order valence-electron chi connectivity index (χ3n) is 4.07. The molecular weight excluding hydrogens is 316 g/mol. The Morgan fingerprint density at radius 2 is 2.08 bits per heavy atom. The van der Waals surface area contributed by atoms with E-state index in [-0.39, 0.29) is 11.6 Å². The number of carbonyl (C=O) groups excluding carboxylic acids is 1. The van der Waals surface area contributed by atoms with Crippen molar-refractivity contribution in [3.8, 4) is 0 Å². The summed E-state index contributed by atoms with van der Waals surface area (Å²) < 4.78 is 26.8. The lowest BCUT2D eigenvalue weighted by Crippen LogP contribution is -2.39. The maximum atomic E-state index is 13.8. The van der Waals surface area contributed by atoms with Gasteiger partial charge >= 0.3 is 0 Å².